The van der Waals surface area contributed by atoms with E-state index in [2.05, 4.69) is 5.32 Å². The minimum Gasteiger partial charge on any atom is -0.342 e. The second-order valence-electron chi connectivity index (χ2n) is 6.05. The molecule has 6 heteroatoms. The summed E-state index contributed by atoms with van der Waals surface area (Å²) in [6, 6.07) is 6.48. The van der Waals surface area contributed by atoms with Crippen LogP contribution in [0.1, 0.15) is 18.4 Å². The lowest BCUT2D eigenvalue weighted by Gasteiger charge is -2.22. The highest BCUT2D eigenvalue weighted by Crippen LogP contribution is 2.36. The number of carbonyl (C=O) groups is 1. The molecule has 2 heterocycles. The van der Waals surface area contributed by atoms with Crippen LogP contribution in [-0.4, -0.2) is 41.9 Å². The van der Waals surface area contributed by atoms with Crippen molar-refractivity contribution in [1.82, 2.24) is 10.2 Å². The fraction of sp³-hybridized carbons (Fsp3) is 0.533. The van der Waals surface area contributed by atoms with Gasteiger partial charge in [-0.05, 0) is 19.4 Å². The van der Waals surface area contributed by atoms with E-state index in [9.17, 15) is 14.9 Å². The third-order valence-corrected chi connectivity index (χ3v) is 4.65. The molecule has 1 atom stereocenters. The van der Waals surface area contributed by atoms with E-state index in [1.807, 2.05) is 4.90 Å². The minimum atomic E-state index is -0.422. The highest BCUT2D eigenvalue weighted by Gasteiger charge is 2.41. The summed E-state index contributed by atoms with van der Waals surface area (Å²) in [5.41, 5.74) is 0.762. The molecule has 1 unspecified atom stereocenters. The van der Waals surface area contributed by atoms with Gasteiger partial charge in [0.25, 0.3) is 5.69 Å². The topological polar surface area (TPSA) is 75.5 Å². The molecule has 0 aromatic heterocycles. The average Bonchev–Trinajstić information content (AvgIpc) is 3.10. The number of benzene rings is 1. The fourth-order valence-corrected chi connectivity index (χ4v) is 3.40. The highest BCUT2D eigenvalue weighted by molar-refractivity contribution is 5.80. The normalized spacial score (nSPS) is 24.7. The van der Waals surface area contributed by atoms with Crippen LogP contribution in [0.15, 0.2) is 24.3 Å². The molecule has 1 aromatic carbocycles. The van der Waals surface area contributed by atoms with E-state index in [0.717, 1.165) is 39.0 Å². The van der Waals surface area contributed by atoms with E-state index in [4.69, 9.17) is 0 Å². The lowest BCUT2D eigenvalue weighted by molar-refractivity contribution is -0.385. The molecule has 2 saturated heterocycles. The zero-order valence-electron chi connectivity index (χ0n) is 11.9. The number of nitro benzene ring substituents is 1. The van der Waals surface area contributed by atoms with Crippen LogP contribution >= 0.6 is 0 Å². The number of nitrogens with zero attached hydrogens (tertiary/aromatic N) is 2. The summed E-state index contributed by atoms with van der Waals surface area (Å²) in [7, 11) is 0. The summed E-state index contributed by atoms with van der Waals surface area (Å²) in [4.78, 5) is 24.9. The molecule has 112 valence electrons. The maximum atomic E-state index is 12.4. The zero-order chi connectivity index (χ0) is 14.9. The van der Waals surface area contributed by atoms with Crippen molar-refractivity contribution in [1.29, 1.82) is 0 Å². The van der Waals surface area contributed by atoms with Crippen molar-refractivity contribution in [3.63, 3.8) is 0 Å². The number of carbonyl (C=O) groups excluding carboxylic acids is 1. The molecule has 0 aliphatic carbocycles. The Kier molecular flexibility index (Phi) is 3.63. The van der Waals surface area contributed by atoms with Crippen molar-refractivity contribution in [3.8, 4) is 0 Å². The van der Waals surface area contributed by atoms with Gasteiger partial charge in [0.05, 0.1) is 11.3 Å². The first kappa shape index (κ1) is 14.0. The Morgan fingerprint density at radius 1 is 1.38 bits per heavy atom. The molecule has 0 saturated carbocycles. The Labute approximate surface area is 123 Å². The van der Waals surface area contributed by atoms with Gasteiger partial charge in [-0.3, -0.25) is 14.9 Å². The second kappa shape index (κ2) is 5.44. The SMILES string of the molecule is O=C(Cc1ccccc1[N+](=O)[O-])N1CCC2(CCNC2)C1. The first-order chi connectivity index (χ1) is 10.1. The first-order valence-corrected chi connectivity index (χ1v) is 7.30. The molecule has 0 radical (unpaired) electrons. The van der Waals surface area contributed by atoms with Crippen molar-refractivity contribution < 1.29 is 9.72 Å². The van der Waals surface area contributed by atoms with Crippen LogP contribution in [0.25, 0.3) is 0 Å². The van der Waals surface area contributed by atoms with Crippen LogP contribution in [0, 0.1) is 15.5 Å². The van der Waals surface area contributed by atoms with Gasteiger partial charge in [0.2, 0.25) is 5.91 Å². The molecule has 1 amide bonds. The van der Waals surface area contributed by atoms with E-state index >= 15 is 0 Å². The molecule has 2 aliphatic rings. The Morgan fingerprint density at radius 3 is 2.90 bits per heavy atom. The third-order valence-electron chi connectivity index (χ3n) is 4.65. The predicted molar refractivity (Wildman–Crippen MR) is 77.9 cm³/mol. The van der Waals surface area contributed by atoms with Crippen LogP contribution in [0.5, 0.6) is 0 Å². The highest BCUT2D eigenvalue weighted by atomic mass is 16.6. The number of rotatable bonds is 3. The molecular weight excluding hydrogens is 270 g/mol. The quantitative estimate of drug-likeness (QED) is 0.673. The lowest BCUT2D eigenvalue weighted by atomic mass is 9.86. The fourth-order valence-electron chi connectivity index (χ4n) is 3.40. The van der Waals surface area contributed by atoms with Gasteiger partial charge in [-0.2, -0.15) is 0 Å². The van der Waals surface area contributed by atoms with E-state index in [-0.39, 0.29) is 23.4 Å². The first-order valence-electron chi connectivity index (χ1n) is 7.30. The van der Waals surface area contributed by atoms with E-state index < -0.39 is 4.92 Å². The standard InChI is InChI=1S/C15H19N3O3/c19-14(9-12-3-1-2-4-13(12)18(20)21)17-8-6-15(11-17)5-7-16-10-15/h1-4,16H,5-11H2. The number of amides is 1. The minimum absolute atomic E-state index is 0.00641. The number of hydrogen-bond donors (Lipinski definition) is 1. The zero-order valence-corrected chi connectivity index (χ0v) is 11.9. The molecule has 1 spiro atoms. The molecular formula is C15H19N3O3. The van der Waals surface area contributed by atoms with Crippen molar-refractivity contribution in [2.75, 3.05) is 26.2 Å². The summed E-state index contributed by atoms with van der Waals surface area (Å²) < 4.78 is 0. The number of nitro groups is 1. The van der Waals surface area contributed by atoms with Gasteiger partial charge in [-0.15, -0.1) is 0 Å². The van der Waals surface area contributed by atoms with Gasteiger partial charge in [-0.25, -0.2) is 0 Å². The molecule has 2 aliphatic heterocycles. The van der Waals surface area contributed by atoms with E-state index in [0.29, 0.717) is 5.56 Å². The van der Waals surface area contributed by atoms with Gasteiger partial charge >= 0.3 is 0 Å². The third kappa shape index (κ3) is 2.76. The van der Waals surface area contributed by atoms with Crippen molar-refractivity contribution in [2.45, 2.75) is 19.3 Å². The summed E-state index contributed by atoms with van der Waals surface area (Å²) in [6.07, 6.45) is 2.26. The maximum Gasteiger partial charge on any atom is 0.273 e. The van der Waals surface area contributed by atoms with Crippen molar-refractivity contribution in [3.05, 3.63) is 39.9 Å². The van der Waals surface area contributed by atoms with Crippen LogP contribution < -0.4 is 5.32 Å². The number of para-hydroxylation sites is 1. The molecule has 2 fully saturated rings. The van der Waals surface area contributed by atoms with E-state index in [1.165, 1.54) is 6.07 Å². The smallest absolute Gasteiger partial charge is 0.273 e. The number of likely N-dealkylation sites (tertiary alicyclic amines) is 1. The summed E-state index contributed by atoms with van der Waals surface area (Å²) in [5, 5.41) is 14.4. The molecule has 21 heavy (non-hydrogen) atoms. The summed E-state index contributed by atoms with van der Waals surface area (Å²) in [6.45, 7) is 3.54. The van der Waals surface area contributed by atoms with Crippen LogP contribution in [0.2, 0.25) is 0 Å². The monoisotopic (exact) mass is 289 g/mol. The summed E-state index contributed by atoms with van der Waals surface area (Å²) in [5.74, 6) is -0.00641. The van der Waals surface area contributed by atoms with Crippen molar-refractivity contribution >= 4 is 11.6 Å². The Morgan fingerprint density at radius 2 is 2.19 bits per heavy atom. The maximum absolute atomic E-state index is 12.4. The Balaban J connectivity index is 1.69. The molecule has 0 bridgehead atoms. The Hall–Kier alpha value is -1.95. The summed E-state index contributed by atoms with van der Waals surface area (Å²) >= 11 is 0. The van der Waals surface area contributed by atoms with Crippen LogP contribution in [-0.2, 0) is 11.2 Å². The molecule has 3 rings (SSSR count). The number of nitrogens with one attached hydrogen (secondary N) is 1. The van der Waals surface area contributed by atoms with Gasteiger partial charge in [0.15, 0.2) is 0 Å². The van der Waals surface area contributed by atoms with Crippen molar-refractivity contribution in [2.24, 2.45) is 5.41 Å². The second-order valence-corrected chi connectivity index (χ2v) is 6.05. The number of hydrogen-bond acceptors (Lipinski definition) is 4. The van der Waals surface area contributed by atoms with Gasteiger partial charge < -0.3 is 10.2 Å². The predicted octanol–water partition coefficient (Wildman–Crippen LogP) is 1.35. The molecule has 1 N–H and O–H groups in total. The molecule has 6 nitrogen and oxygen atoms in total. The van der Waals surface area contributed by atoms with Gasteiger partial charge in [0.1, 0.15) is 0 Å². The van der Waals surface area contributed by atoms with Gasteiger partial charge in [0, 0.05) is 36.7 Å². The largest absolute Gasteiger partial charge is 0.342 e. The van der Waals surface area contributed by atoms with Gasteiger partial charge in [-0.1, -0.05) is 18.2 Å². The average molecular weight is 289 g/mol. The van der Waals surface area contributed by atoms with Crippen LogP contribution in [0.4, 0.5) is 5.69 Å². The van der Waals surface area contributed by atoms with E-state index in [1.54, 1.807) is 18.2 Å². The lowest BCUT2D eigenvalue weighted by Crippen LogP contribution is -2.34. The molecule has 1 aromatic rings. The Bertz CT molecular complexity index is 567. The van der Waals surface area contributed by atoms with Crippen LogP contribution in [0.3, 0.4) is 0 Å².